The summed E-state index contributed by atoms with van der Waals surface area (Å²) in [7, 11) is 1.53. The zero-order valence-electron chi connectivity index (χ0n) is 11.8. The number of methoxy groups -OCH3 is 1. The van der Waals surface area contributed by atoms with Gasteiger partial charge >= 0.3 is 0 Å². The van der Waals surface area contributed by atoms with E-state index in [0.29, 0.717) is 17.6 Å². The molecule has 2 heterocycles. The van der Waals surface area contributed by atoms with Crippen molar-refractivity contribution in [3.8, 4) is 0 Å². The van der Waals surface area contributed by atoms with Crippen molar-refractivity contribution in [3.63, 3.8) is 0 Å². The van der Waals surface area contributed by atoms with Crippen molar-refractivity contribution in [3.05, 3.63) is 30.1 Å². The van der Waals surface area contributed by atoms with Crippen LogP contribution in [0.15, 0.2) is 24.4 Å². The second-order valence-corrected chi connectivity index (χ2v) is 4.80. The molecule has 0 unspecified atom stereocenters. The highest BCUT2D eigenvalue weighted by molar-refractivity contribution is 5.82. The van der Waals surface area contributed by atoms with Gasteiger partial charge in [0.25, 0.3) is 6.43 Å². The molecule has 0 spiro atoms. The van der Waals surface area contributed by atoms with Crippen LogP contribution < -0.4 is 5.32 Å². The van der Waals surface area contributed by atoms with Crippen molar-refractivity contribution < 1.29 is 18.3 Å². The topological polar surface area (TPSA) is 56.1 Å². The van der Waals surface area contributed by atoms with Crippen molar-refractivity contribution in [1.82, 2.24) is 14.9 Å². The van der Waals surface area contributed by atoms with Crippen LogP contribution in [0.4, 0.5) is 8.78 Å². The zero-order chi connectivity index (χ0) is 15.4. The number of pyridine rings is 1. The highest BCUT2D eigenvalue weighted by Crippen LogP contribution is 2.26. The monoisotopic (exact) mass is 297 g/mol. The molecule has 0 saturated heterocycles. The second kappa shape index (κ2) is 6.62. The first kappa shape index (κ1) is 15.4. The molecule has 1 N–H and O–H groups in total. The Hall–Kier alpha value is -2.02. The quantitative estimate of drug-likeness (QED) is 0.888. The predicted octanol–water partition coefficient (Wildman–Crippen LogP) is 2.12. The molecule has 5 nitrogen and oxygen atoms in total. The van der Waals surface area contributed by atoms with Crippen LogP contribution in [0.5, 0.6) is 0 Å². The Morgan fingerprint density at radius 1 is 1.52 bits per heavy atom. The van der Waals surface area contributed by atoms with Crippen LogP contribution in [0.1, 0.15) is 19.0 Å². The van der Waals surface area contributed by atoms with Gasteiger partial charge in [0, 0.05) is 24.7 Å². The largest absolute Gasteiger partial charge is 0.383 e. The van der Waals surface area contributed by atoms with Gasteiger partial charge in [-0.1, -0.05) is 0 Å². The van der Waals surface area contributed by atoms with Gasteiger partial charge < -0.3 is 14.6 Å². The van der Waals surface area contributed by atoms with Gasteiger partial charge in [0.1, 0.15) is 12.2 Å². The third-order valence-electron chi connectivity index (χ3n) is 3.04. The van der Waals surface area contributed by atoms with Gasteiger partial charge in [-0.15, -0.1) is 0 Å². The van der Waals surface area contributed by atoms with E-state index in [4.69, 9.17) is 4.74 Å². The number of amides is 1. The summed E-state index contributed by atoms with van der Waals surface area (Å²) in [6.07, 6.45) is -1.15. The molecular weight excluding hydrogens is 280 g/mol. The molecule has 0 radical (unpaired) electrons. The van der Waals surface area contributed by atoms with Crippen molar-refractivity contribution in [1.29, 1.82) is 0 Å². The SMILES string of the molecule is COC[C@@H](C)NC(=O)Cn1c(C(F)F)cc2cccnc21. The van der Waals surface area contributed by atoms with Gasteiger partial charge in [0.05, 0.1) is 12.3 Å². The maximum atomic E-state index is 13.1. The number of hydrogen-bond acceptors (Lipinski definition) is 3. The number of nitrogens with one attached hydrogen (secondary N) is 1. The molecule has 114 valence electrons. The molecule has 0 saturated carbocycles. The van der Waals surface area contributed by atoms with Gasteiger partial charge in [-0.25, -0.2) is 13.8 Å². The number of carbonyl (C=O) groups is 1. The summed E-state index contributed by atoms with van der Waals surface area (Å²) < 4.78 is 32.4. The lowest BCUT2D eigenvalue weighted by atomic mass is 10.3. The van der Waals surface area contributed by atoms with Crippen molar-refractivity contribution >= 4 is 16.9 Å². The number of fused-ring (bicyclic) bond motifs is 1. The molecule has 21 heavy (non-hydrogen) atoms. The van der Waals surface area contributed by atoms with E-state index in [1.807, 2.05) is 0 Å². The van der Waals surface area contributed by atoms with Crippen LogP contribution >= 0.6 is 0 Å². The molecule has 7 heteroatoms. The van der Waals surface area contributed by atoms with E-state index < -0.39 is 6.43 Å². The van der Waals surface area contributed by atoms with E-state index in [-0.39, 0.29) is 24.2 Å². The van der Waals surface area contributed by atoms with Crippen LogP contribution in [0, 0.1) is 0 Å². The van der Waals surface area contributed by atoms with Gasteiger partial charge in [-0.05, 0) is 25.1 Å². The standard InChI is InChI=1S/C14H17F2N3O2/c1-9(8-21-2)18-12(20)7-19-11(13(15)16)6-10-4-3-5-17-14(10)19/h3-6,9,13H,7-8H2,1-2H3,(H,18,20)/t9-/m1/s1. The summed E-state index contributed by atoms with van der Waals surface area (Å²) in [4.78, 5) is 16.0. The molecule has 2 aromatic rings. The van der Waals surface area contributed by atoms with Crippen molar-refractivity contribution in [2.75, 3.05) is 13.7 Å². The molecule has 1 atom stereocenters. The number of rotatable bonds is 6. The number of aromatic nitrogens is 2. The summed E-state index contributed by atoms with van der Waals surface area (Å²) in [5.41, 5.74) is 0.167. The molecule has 0 aliphatic carbocycles. The van der Waals surface area contributed by atoms with Gasteiger partial charge in [-0.3, -0.25) is 4.79 Å². The molecule has 0 fully saturated rings. The minimum atomic E-state index is -2.66. The van der Waals surface area contributed by atoms with Crippen LogP contribution in [-0.2, 0) is 16.1 Å². The van der Waals surface area contributed by atoms with E-state index in [1.54, 1.807) is 19.1 Å². The summed E-state index contributed by atoms with van der Waals surface area (Å²) in [5, 5.41) is 3.28. The predicted molar refractivity (Wildman–Crippen MR) is 74.2 cm³/mol. The summed E-state index contributed by atoms with van der Waals surface area (Å²) >= 11 is 0. The molecular formula is C14H17F2N3O2. The highest BCUT2D eigenvalue weighted by atomic mass is 19.3. The van der Waals surface area contributed by atoms with Gasteiger partial charge in [0.2, 0.25) is 5.91 Å². The van der Waals surface area contributed by atoms with Crippen LogP contribution in [0.25, 0.3) is 11.0 Å². The third-order valence-corrected chi connectivity index (χ3v) is 3.04. The Morgan fingerprint density at radius 2 is 2.29 bits per heavy atom. The Kier molecular flexibility index (Phi) is 4.85. The fourth-order valence-corrected chi connectivity index (χ4v) is 2.21. The minimum Gasteiger partial charge on any atom is -0.383 e. The fraction of sp³-hybridized carbons (Fsp3) is 0.429. The molecule has 0 aliphatic heterocycles. The van der Waals surface area contributed by atoms with E-state index in [0.717, 1.165) is 0 Å². The summed E-state index contributed by atoms with van der Waals surface area (Å²) in [6, 6.07) is 4.53. The lowest BCUT2D eigenvalue weighted by Gasteiger charge is -2.14. The number of carbonyl (C=O) groups excluding carboxylic acids is 1. The second-order valence-electron chi connectivity index (χ2n) is 4.80. The lowest BCUT2D eigenvalue weighted by Crippen LogP contribution is -2.37. The minimum absolute atomic E-state index is 0.188. The molecule has 0 aromatic carbocycles. The van der Waals surface area contributed by atoms with Gasteiger partial charge in [0.15, 0.2) is 0 Å². The summed E-state index contributed by atoms with van der Waals surface area (Å²) in [6.45, 7) is 1.94. The average molecular weight is 297 g/mol. The maximum Gasteiger partial charge on any atom is 0.278 e. The molecule has 1 amide bonds. The van der Waals surface area contributed by atoms with Crippen LogP contribution in [-0.4, -0.2) is 35.2 Å². The number of ether oxygens (including phenoxy) is 1. The number of nitrogens with zero attached hydrogens (tertiary/aromatic N) is 2. The first-order chi connectivity index (χ1) is 10.0. The van der Waals surface area contributed by atoms with E-state index >= 15 is 0 Å². The van der Waals surface area contributed by atoms with E-state index in [2.05, 4.69) is 10.3 Å². The summed E-state index contributed by atoms with van der Waals surface area (Å²) in [5.74, 6) is -0.357. The molecule has 0 bridgehead atoms. The molecule has 2 aromatic heterocycles. The van der Waals surface area contributed by atoms with Crippen molar-refractivity contribution in [2.24, 2.45) is 0 Å². The lowest BCUT2D eigenvalue weighted by molar-refractivity contribution is -0.122. The highest BCUT2D eigenvalue weighted by Gasteiger charge is 2.19. The Labute approximate surface area is 120 Å². The number of alkyl halides is 2. The average Bonchev–Trinajstić information content (AvgIpc) is 2.78. The maximum absolute atomic E-state index is 13.1. The Bertz CT molecular complexity index is 628. The van der Waals surface area contributed by atoms with Crippen molar-refractivity contribution in [2.45, 2.75) is 25.9 Å². The van der Waals surface area contributed by atoms with E-state index in [1.165, 1.54) is 23.9 Å². The first-order valence-corrected chi connectivity index (χ1v) is 6.53. The number of hydrogen-bond donors (Lipinski definition) is 1. The third kappa shape index (κ3) is 3.55. The zero-order valence-corrected chi connectivity index (χ0v) is 11.8. The smallest absolute Gasteiger partial charge is 0.278 e. The number of halogens is 2. The molecule has 0 aliphatic rings. The Morgan fingerprint density at radius 3 is 2.95 bits per heavy atom. The van der Waals surface area contributed by atoms with E-state index in [9.17, 15) is 13.6 Å². The van der Waals surface area contributed by atoms with Gasteiger partial charge in [-0.2, -0.15) is 0 Å². The molecule has 2 rings (SSSR count). The van der Waals surface area contributed by atoms with Crippen LogP contribution in [0.2, 0.25) is 0 Å². The first-order valence-electron chi connectivity index (χ1n) is 6.53. The Balaban J connectivity index is 2.24. The van der Waals surface area contributed by atoms with Crippen LogP contribution in [0.3, 0.4) is 0 Å². The fourth-order valence-electron chi connectivity index (χ4n) is 2.21. The normalized spacial score (nSPS) is 12.8.